The molecule has 2 atom stereocenters. The lowest BCUT2D eigenvalue weighted by molar-refractivity contribution is -0.0441. The molecule has 0 saturated carbocycles. The molecule has 4 nitrogen and oxygen atoms in total. The summed E-state index contributed by atoms with van der Waals surface area (Å²) in [7, 11) is 0. The third-order valence-corrected chi connectivity index (χ3v) is 3.86. The van der Waals surface area contributed by atoms with Crippen molar-refractivity contribution < 1.29 is 14.3 Å². The van der Waals surface area contributed by atoms with Crippen LogP contribution in [-0.4, -0.2) is 22.7 Å². The molecular formula is C15H22INO3. The van der Waals surface area contributed by atoms with Crippen molar-refractivity contribution >= 4 is 28.7 Å². The van der Waals surface area contributed by atoms with Gasteiger partial charge < -0.3 is 15.2 Å². The molecule has 0 aliphatic heterocycles. The van der Waals surface area contributed by atoms with Crippen LogP contribution in [0.15, 0.2) is 30.3 Å². The Balaban J connectivity index is 2.87. The second kappa shape index (κ2) is 7.83. The summed E-state index contributed by atoms with van der Waals surface area (Å²) in [6.45, 7) is 6.52. The Morgan fingerprint density at radius 2 is 1.90 bits per heavy atom. The van der Waals surface area contributed by atoms with Gasteiger partial charge in [-0.3, -0.25) is 0 Å². The molecule has 20 heavy (non-hydrogen) atoms. The largest absolute Gasteiger partial charge is 0.441 e. The SMILES string of the molecule is CC(C)(C)OCC(CI)C(OC(N)=O)c1ccccc1. The maximum absolute atomic E-state index is 11.2. The molecule has 0 heterocycles. The zero-order chi connectivity index (χ0) is 15.2. The highest BCUT2D eigenvalue weighted by Gasteiger charge is 2.27. The van der Waals surface area contributed by atoms with Crippen LogP contribution < -0.4 is 5.73 Å². The Hall–Kier alpha value is -0.820. The first-order chi connectivity index (χ1) is 9.33. The van der Waals surface area contributed by atoms with Crippen molar-refractivity contribution in [3.05, 3.63) is 35.9 Å². The Morgan fingerprint density at radius 3 is 2.35 bits per heavy atom. The van der Waals surface area contributed by atoms with Gasteiger partial charge in [-0.15, -0.1) is 0 Å². The molecule has 0 aliphatic carbocycles. The third kappa shape index (κ3) is 6.09. The fraction of sp³-hybridized carbons (Fsp3) is 0.533. The predicted molar refractivity (Wildman–Crippen MR) is 87.9 cm³/mol. The first-order valence-corrected chi connectivity index (χ1v) is 8.07. The fourth-order valence-electron chi connectivity index (χ4n) is 1.77. The lowest BCUT2D eigenvalue weighted by atomic mass is 9.97. The van der Waals surface area contributed by atoms with Gasteiger partial charge in [0.15, 0.2) is 0 Å². The summed E-state index contributed by atoms with van der Waals surface area (Å²) in [4.78, 5) is 11.2. The highest BCUT2D eigenvalue weighted by molar-refractivity contribution is 14.1. The van der Waals surface area contributed by atoms with Crippen molar-refractivity contribution in [2.75, 3.05) is 11.0 Å². The molecule has 5 heteroatoms. The van der Waals surface area contributed by atoms with Crippen molar-refractivity contribution in [1.82, 2.24) is 0 Å². The first-order valence-electron chi connectivity index (χ1n) is 6.54. The third-order valence-electron chi connectivity index (χ3n) is 2.73. The van der Waals surface area contributed by atoms with E-state index in [-0.39, 0.29) is 17.6 Å². The van der Waals surface area contributed by atoms with Gasteiger partial charge >= 0.3 is 6.09 Å². The molecular weight excluding hydrogens is 369 g/mol. The minimum atomic E-state index is -0.760. The summed E-state index contributed by atoms with van der Waals surface area (Å²) in [5, 5.41) is 0. The number of primary amides is 1. The van der Waals surface area contributed by atoms with E-state index in [4.69, 9.17) is 15.2 Å². The molecule has 1 amide bonds. The molecule has 112 valence electrons. The average Bonchev–Trinajstić information content (AvgIpc) is 2.37. The zero-order valence-electron chi connectivity index (χ0n) is 12.1. The number of hydrogen-bond acceptors (Lipinski definition) is 3. The van der Waals surface area contributed by atoms with Gasteiger partial charge in [0.05, 0.1) is 12.2 Å². The van der Waals surface area contributed by atoms with E-state index in [1.54, 1.807) is 0 Å². The molecule has 0 fully saturated rings. The maximum Gasteiger partial charge on any atom is 0.405 e. The number of rotatable bonds is 6. The maximum atomic E-state index is 11.2. The van der Waals surface area contributed by atoms with Crippen LogP contribution in [0.25, 0.3) is 0 Å². The number of carbonyl (C=O) groups excluding carboxylic acids is 1. The van der Waals surface area contributed by atoms with Gasteiger partial charge in [-0.25, -0.2) is 4.79 Å². The van der Waals surface area contributed by atoms with E-state index < -0.39 is 6.09 Å². The second-order valence-corrected chi connectivity index (χ2v) is 6.49. The molecule has 1 aromatic rings. The van der Waals surface area contributed by atoms with Gasteiger partial charge in [0.25, 0.3) is 0 Å². The standard InChI is InChI=1S/C15H22INO3/c1-15(2,3)19-10-12(9-16)13(20-14(17)18)11-7-5-4-6-8-11/h4-8,12-13H,9-10H2,1-3H3,(H2,17,18). The van der Waals surface area contributed by atoms with E-state index in [9.17, 15) is 4.79 Å². The quantitative estimate of drug-likeness (QED) is 0.595. The lowest BCUT2D eigenvalue weighted by Crippen LogP contribution is -2.30. The van der Waals surface area contributed by atoms with Crippen molar-refractivity contribution in [2.45, 2.75) is 32.5 Å². The van der Waals surface area contributed by atoms with E-state index in [0.717, 1.165) is 9.99 Å². The average molecular weight is 391 g/mol. The smallest absolute Gasteiger partial charge is 0.405 e. The molecule has 1 aromatic carbocycles. The number of halogens is 1. The molecule has 0 aromatic heterocycles. The molecule has 2 unspecified atom stereocenters. The molecule has 0 spiro atoms. The normalized spacial score (nSPS) is 14.6. The van der Waals surface area contributed by atoms with Crippen LogP contribution in [-0.2, 0) is 9.47 Å². The fourth-order valence-corrected chi connectivity index (χ4v) is 2.49. The number of nitrogens with two attached hydrogens (primary N) is 1. The van der Waals surface area contributed by atoms with Crippen LogP contribution in [0.4, 0.5) is 4.79 Å². The lowest BCUT2D eigenvalue weighted by Gasteiger charge is -2.28. The summed E-state index contributed by atoms with van der Waals surface area (Å²) in [6.07, 6.45) is -1.14. The van der Waals surface area contributed by atoms with Crippen LogP contribution in [0.5, 0.6) is 0 Å². The Kier molecular flexibility index (Phi) is 6.75. The number of alkyl halides is 1. The van der Waals surface area contributed by atoms with Gasteiger partial charge in [-0.2, -0.15) is 0 Å². The van der Waals surface area contributed by atoms with Crippen LogP contribution in [0.3, 0.4) is 0 Å². The summed E-state index contributed by atoms with van der Waals surface area (Å²) >= 11 is 2.28. The summed E-state index contributed by atoms with van der Waals surface area (Å²) in [5.74, 6) is 0.0599. The summed E-state index contributed by atoms with van der Waals surface area (Å²) in [6, 6.07) is 9.63. The van der Waals surface area contributed by atoms with Crippen molar-refractivity contribution in [1.29, 1.82) is 0 Å². The number of hydrogen-bond donors (Lipinski definition) is 1. The van der Waals surface area contributed by atoms with E-state index >= 15 is 0 Å². The van der Waals surface area contributed by atoms with E-state index in [1.165, 1.54) is 0 Å². The van der Waals surface area contributed by atoms with Crippen molar-refractivity contribution in [3.63, 3.8) is 0 Å². The van der Waals surface area contributed by atoms with Crippen molar-refractivity contribution in [3.8, 4) is 0 Å². The summed E-state index contributed by atoms with van der Waals surface area (Å²) < 4.78 is 11.9. The molecule has 1 rings (SSSR count). The number of carbonyl (C=O) groups is 1. The Labute approximate surface area is 134 Å². The van der Waals surface area contributed by atoms with Gasteiger partial charge in [-0.05, 0) is 26.3 Å². The van der Waals surface area contributed by atoms with E-state index in [0.29, 0.717) is 6.61 Å². The Bertz CT molecular complexity index is 417. The van der Waals surface area contributed by atoms with E-state index in [1.807, 2.05) is 51.1 Å². The highest BCUT2D eigenvalue weighted by Crippen LogP contribution is 2.29. The number of amides is 1. The van der Waals surface area contributed by atoms with Gasteiger partial charge in [0, 0.05) is 10.3 Å². The molecule has 0 radical (unpaired) electrons. The zero-order valence-corrected chi connectivity index (χ0v) is 14.3. The van der Waals surface area contributed by atoms with Crippen LogP contribution in [0.2, 0.25) is 0 Å². The molecule has 0 saturated heterocycles. The van der Waals surface area contributed by atoms with Crippen LogP contribution >= 0.6 is 22.6 Å². The number of benzene rings is 1. The van der Waals surface area contributed by atoms with Crippen LogP contribution in [0.1, 0.15) is 32.4 Å². The number of ether oxygens (including phenoxy) is 2. The second-order valence-electron chi connectivity index (χ2n) is 5.61. The van der Waals surface area contributed by atoms with Gasteiger partial charge in [0.1, 0.15) is 6.10 Å². The Morgan fingerprint density at radius 1 is 1.30 bits per heavy atom. The van der Waals surface area contributed by atoms with Gasteiger partial charge in [-0.1, -0.05) is 52.9 Å². The van der Waals surface area contributed by atoms with E-state index in [2.05, 4.69) is 22.6 Å². The molecule has 0 aliphatic rings. The summed E-state index contributed by atoms with van der Waals surface area (Å²) in [5.41, 5.74) is 5.91. The monoisotopic (exact) mass is 391 g/mol. The minimum absolute atomic E-state index is 0.0599. The van der Waals surface area contributed by atoms with Crippen LogP contribution in [0, 0.1) is 5.92 Å². The van der Waals surface area contributed by atoms with Gasteiger partial charge in [0.2, 0.25) is 0 Å². The molecule has 2 N–H and O–H groups in total. The highest BCUT2D eigenvalue weighted by atomic mass is 127. The predicted octanol–water partition coefficient (Wildman–Crippen LogP) is 3.69. The topological polar surface area (TPSA) is 61.6 Å². The minimum Gasteiger partial charge on any atom is -0.441 e. The van der Waals surface area contributed by atoms with Crippen molar-refractivity contribution in [2.24, 2.45) is 11.7 Å². The first kappa shape index (κ1) is 17.2. The molecule has 0 bridgehead atoms.